The molecule has 0 saturated heterocycles. The van der Waals surface area contributed by atoms with Gasteiger partial charge < -0.3 is 0 Å². The van der Waals surface area contributed by atoms with E-state index in [1.54, 1.807) is 12.1 Å². The number of rotatable bonds is 6. The molecule has 0 atom stereocenters. The number of nitrogens with zero attached hydrogens (tertiary/aromatic N) is 3. The maximum absolute atomic E-state index is 14.1. The first kappa shape index (κ1) is 19.2. The zero-order valence-corrected chi connectivity index (χ0v) is 16.4. The summed E-state index contributed by atoms with van der Waals surface area (Å²) in [6, 6.07) is 13.3. The highest BCUT2D eigenvalue weighted by molar-refractivity contribution is 7.18. The van der Waals surface area contributed by atoms with Crippen LogP contribution in [0.2, 0.25) is 0 Å². The number of hydrogen-bond acceptors (Lipinski definition) is 4. The molecule has 2 aromatic carbocycles. The highest BCUT2D eigenvalue weighted by Gasteiger charge is 2.23. The molecule has 0 spiro atoms. The summed E-state index contributed by atoms with van der Waals surface area (Å²) >= 11 is 1.32. The molecule has 0 bridgehead atoms. The summed E-state index contributed by atoms with van der Waals surface area (Å²) in [5, 5.41) is 9.62. The second kappa shape index (κ2) is 8.39. The van der Waals surface area contributed by atoms with Crippen LogP contribution in [0.1, 0.15) is 41.3 Å². The van der Waals surface area contributed by atoms with Crippen molar-refractivity contribution in [3.63, 3.8) is 0 Å². The lowest BCUT2D eigenvalue weighted by atomic mass is 10.1. The van der Waals surface area contributed by atoms with Gasteiger partial charge in [-0.15, -0.1) is 10.2 Å². The SMILES string of the molecule is CCCCN(C(=O)c1ccccc1F)c1nnc(-c2[c]c(C)cc(C)c2)s1. The fraction of sp³-hybridized carbons (Fsp3) is 0.286. The fourth-order valence-electron chi connectivity index (χ4n) is 2.82. The Bertz CT molecular complexity index is 934. The van der Waals surface area contributed by atoms with Crippen LogP contribution in [0.5, 0.6) is 0 Å². The second-order valence-corrected chi connectivity index (χ2v) is 7.39. The molecular weight excluding hydrogens is 361 g/mol. The van der Waals surface area contributed by atoms with Crippen molar-refractivity contribution in [3.8, 4) is 10.6 Å². The summed E-state index contributed by atoms with van der Waals surface area (Å²) in [4.78, 5) is 14.5. The molecule has 0 N–H and O–H groups in total. The number of anilines is 1. The number of unbranched alkanes of at least 4 members (excludes halogenated alkanes) is 1. The van der Waals surface area contributed by atoms with Gasteiger partial charge in [-0.2, -0.15) is 0 Å². The molecular formula is C21H21FN3OS. The Labute approximate surface area is 162 Å². The van der Waals surface area contributed by atoms with Gasteiger partial charge in [-0.3, -0.25) is 9.69 Å². The van der Waals surface area contributed by atoms with Crippen molar-refractivity contribution in [2.75, 3.05) is 11.4 Å². The lowest BCUT2D eigenvalue weighted by Crippen LogP contribution is -2.32. The first-order chi connectivity index (χ1) is 13.0. The number of hydrogen-bond donors (Lipinski definition) is 0. The predicted molar refractivity (Wildman–Crippen MR) is 107 cm³/mol. The van der Waals surface area contributed by atoms with Crippen LogP contribution in [0.3, 0.4) is 0 Å². The van der Waals surface area contributed by atoms with E-state index in [1.165, 1.54) is 28.4 Å². The number of benzene rings is 2. The summed E-state index contributed by atoms with van der Waals surface area (Å²) in [6.07, 6.45) is 1.71. The van der Waals surface area contributed by atoms with Gasteiger partial charge in [0.15, 0.2) is 0 Å². The van der Waals surface area contributed by atoms with E-state index in [9.17, 15) is 9.18 Å². The smallest absolute Gasteiger partial charge is 0.263 e. The standard InChI is InChI=1S/C21H21FN3OS/c1-4-5-10-25(20(26)17-8-6-7-9-18(17)22)21-24-23-19(27-21)16-12-14(2)11-15(3)13-16/h6-9,11-12H,4-5,10H2,1-3H3. The van der Waals surface area contributed by atoms with Crippen molar-refractivity contribution in [2.24, 2.45) is 0 Å². The highest BCUT2D eigenvalue weighted by Crippen LogP contribution is 2.30. The van der Waals surface area contributed by atoms with Crippen LogP contribution in [0.25, 0.3) is 10.6 Å². The predicted octanol–water partition coefficient (Wildman–Crippen LogP) is 5.21. The van der Waals surface area contributed by atoms with Gasteiger partial charge in [0.05, 0.1) is 5.56 Å². The average molecular weight is 382 g/mol. The Morgan fingerprint density at radius 1 is 1.22 bits per heavy atom. The molecule has 1 amide bonds. The van der Waals surface area contributed by atoms with Crippen molar-refractivity contribution in [1.29, 1.82) is 0 Å². The summed E-state index contributed by atoms with van der Waals surface area (Å²) in [7, 11) is 0. The molecule has 0 saturated carbocycles. The Hall–Kier alpha value is -2.60. The third-order valence-corrected chi connectivity index (χ3v) is 5.09. The van der Waals surface area contributed by atoms with Gasteiger partial charge in [0.25, 0.3) is 5.91 Å². The summed E-state index contributed by atoms with van der Waals surface area (Å²) in [5.41, 5.74) is 3.03. The highest BCUT2D eigenvalue weighted by atomic mass is 32.1. The fourth-order valence-corrected chi connectivity index (χ4v) is 3.66. The minimum atomic E-state index is -0.531. The lowest BCUT2D eigenvalue weighted by Gasteiger charge is -2.19. The van der Waals surface area contributed by atoms with Gasteiger partial charge in [-0.05, 0) is 50.1 Å². The van der Waals surface area contributed by atoms with E-state index in [0.717, 1.165) is 29.5 Å². The molecule has 139 valence electrons. The van der Waals surface area contributed by atoms with Crippen molar-refractivity contribution < 1.29 is 9.18 Å². The molecule has 6 heteroatoms. The molecule has 1 heterocycles. The topological polar surface area (TPSA) is 46.1 Å². The van der Waals surface area contributed by atoms with Crippen LogP contribution in [0.15, 0.2) is 36.4 Å². The minimum Gasteiger partial charge on any atom is -0.282 e. The average Bonchev–Trinajstić information content (AvgIpc) is 3.11. The van der Waals surface area contributed by atoms with Crippen molar-refractivity contribution >= 4 is 22.4 Å². The Balaban J connectivity index is 1.95. The van der Waals surface area contributed by atoms with Gasteiger partial charge in [0, 0.05) is 12.1 Å². The van der Waals surface area contributed by atoms with Gasteiger partial charge in [0.1, 0.15) is 10.8 Å². The first-order valence-electron chi connectivity index (χ1n) is 8.90. The van der Waals surface area contributed by atoms with Crippen molar-refractivity contribution in [3.05, 3.63) is 65.0 Å². The Morgan fingerprint density at radius 2 is 2.00 bits per heavy atom. The van der Waals surface area contributed by atoms with E-state index in [-0.39, 0.29) is 5.56 Å². The van der Waals surface area contributed by atoms with Gasteiger partial charge in [-0.1, -0.05) is 48.4 Å². The van der Waals surface area contributed by atoms with Crippen LogP contribution >= 0.6 is 11.3 Å². The summed E-state index contributed by atoms with van der Waals surface area (Å²) < 4.78 is 14.1. The Kier molecular flexibility index (Phi) is 5.96. The van der Waals surface area contributed by atoms with Crippen LogP contribution in [-0.4, -0.2) is 22.6 Å². The van der Waals surface area contributed by atoms with Gasteiger partial charge in [-0.25, -0.2) is 4.39 Å². The largest absolute Gasteiger partial charge is 0.282 e. The summed E-state index contributed by atoms with van der Waals surface area (Å²) in [5.74, 6) is -0.926. The number of carbonyl (C=O) groups excluding carboxylic acids is 1. The van der Waals surface area contributed by atoms with Crippen molar-refractivity contribution in [2.45, 2.75) is 33.6 Å². The molecule has 0 aliphatic carbocycles. The van der Waals surface area contributed by atoms with Crippen molar-refractivity contribution in [1.82, 2.24) is 10.2 Å². The molecule has 3 rings (SSSR count). The van der Waals surface area contributed by atoms with E-state index in [1.807, 2.05) is 32.9 Å². The van der Waals surface area contributed by atoms with E-state index < -0.39 is 11.7 Å². The van der Waals surface area contributed by atoms with Crippen LogP contribution < -0.4 is 4.90 Å². The minimum absolute atomic E-state index is 0.0447. The van der Waals surface area contributed by atoms with Crippen LogP contribution in [0.4, 0.5) is 9.52 Å². The number of halogens is 1. The molecule has 0 unspecified atom stereocenters. The molecule has 27 heavy (non-hydrogen) atoms. The molecule has 1 aromatic heterocycles. The molecule has 4 nitrogen and oxygen atoms in total. The number of aromatic nitrogens is 2. The molecule has 0 fully saturated rings. The maximum Gasteiger partial charge on any atom is 0.263 e. The molecule has 0 aliphatic rings. The number of carbonyl (C=O) groups is 1. The van der Waals surface area contributed by atoms with E-state index in [2.05, 4.69) is 16.3 Å². The zero-order chi connectivity index (χ0) is 19.4. The molecule has 1 radical (unpaired) electrons. The zero-order valence-electron chi connectivity index (χ0n) is 15.6. The number of aryl methyl sites for hydroxylation is 2. The van der Waals surface area contributed by atoms with Gasteiger partial charge in [0.2, 0.25) is 5.13 Å². The molecule has 3 aromatic rings. The second-order valence-electron chi connectivity index (χ2n) is 6.43. The van der Waals surface area contributed by atoms with Gasteiger partial charge >= 0.3 is 0 Å². The lowest BCUT2D eigenvalue weighted by molar-refractivity contribution is 0.0982. The van der Waals surface area contributed by atoms with Crippen LogP contribution in [-0.2, 0) is 0 Å². The van der Waals surface area contributed by atoms with E-state index in [0.29, 0.717) is 16.7 Å². The molecule has 0 aliphatic heterocycles. The maximum atomic E-state index is 14.1. The Morgan fingerprint density at radius 3 is 2.70 bits per heavy atom. The first-order valence-corrected chi connectivity index (χ1v) is 9.72. The van der Waals surface area contributed by atoms with Crippen LogP contribution in [0, 0.1) is 25.7 Å². The third-order valence-electron chi connectivity index (χ3n) is 4.11. The number of amides is 1. The normalized spacial score (nSPS) is 10.8. The third kappa shape index (κ3) is 4.39. The quantitative estimate of drug-likeness (QED) is 0.588. The summed E-state index contributed by atoms with van der Waals surface area (Å²) in [6.45, 7) is 6.51. The monoisotopic (exact) mass is 382 g/mol. The van der Waals surface area contributed by atoms with E-state index in [4.69, 9.17) is 0 Å². The van der Waals surface area contributed by atoms with E-state index >= 15 is 0 Å².